The molecular weight excluding hydrogens is 829 g/mol. The summed E-state index contributed by atoms with van der Waals surface area (Å²) in [5.74, 6) is -0.905. The second kappa shape index (κ2) is 55.2. The van der Waals surface area contributed by atoms with E-state index >= 15 is 0 Å². The average molecular weight is 933 g/mol. The molecule has 0 saturated carbocycles. The van der Waals surface area contributed by atoms with Crippen molar-refractivity contribution in [2.75, 3.05) is 13.2 Å². The number of unbranched alkanes of at least 4 members (excludes halogenated alkanes) is 27. The Hall–Kier alpha value is -3.41. The highest BCUT2D eigenvalue weighted by molar-refractivity contribution is 5.71. The first-order valence-electron chi connectivity index (χ1n) is 28.1. The Kier molecular flexibility index (Phi) is 52.4. The van der Waals surface area contributed by atoms with Gasteiger partial charge < -0.3 is 14.2 Å². The molecule has 0 aromatic carbocycles. The second-order valence-electron chi connectivity index (χ2n) is 18.5. The van der Waals surface area contributed by atoms with Crippen molar-refractivity contribution in [2.45, 2.75) is 271 Å². The number of esters is 3. The lowest BCUT2D eigenvalue weighted by molar-refractivity contribution is -0.167. The maximum atomic E-state index is 12.8. The van der Waals surface area contributed by atoms with Gasteiger partial charge in [-0.05, 0) is 77.0 Å². The monoisotopic (exact) mass is 933 g/mol. The van der Waals surface area contributed by atoms with Gasteiger partial charge in [0.15, 0.2) is 6.10 Å². The van der Waals surface area contributed by atoms with Crippen LogP contribution in [0.25, 0.3) is 0 Å². The Morgan fingerprint density at radius 3 is 1.07 bits per heavy atom. The largest absolute Gasteiger partial charge is 0.462 e. The van der Waals surface area contributed by atoms with Gasteiger partial charge in [0.2, 0.25) is 0 Å². The Morgan fingerprint density at radius 1 is 0.328 bits per heavy atom. The van der Waals surface area contributed by atoms with Crippen LogP contribution in [0.15, 0.2) is 85.1 Å². The zero-order valence-electron chi connectivity index (χ0n) is 43.9. The van der Waals surface area contributed by atoms with Crippen LogP contribution in [0.3, 0.4) is 0 Å². The van der Waals surface area contributed by atoms with E-state index < -0.39 is 6.10 Å². The molecule has 0 bridgehead atoms. The van der Waals surface area contributed by atoms with Crippen LogP contribution >= 0.6 is 0 Å². The van der Waals surface area contributed by atoms with Crippen LogP contribution < -0.4 is 0 Å². The van der Waals surface area contributed by atoms with Crippen molar-refractivity contribution in [1.29, 1.82) is 0 Å². The molecule has 0 fully saturated rings. The van der Waals surface area contributed by atoms with Crippen LogP contribution in [0.1, 0.15) is 265 Å². The van der Waals surface area contributed by atoms with E-state index in [0.29, 0.717) is 19.3 Å². The minimum atomic E-state index is -0.788. The summed E-state index contributed by atoms with van der Waals surface area (Å²) in [6, 6.07) is 0. The number of hydrogen-bond acceptors (Lipinski definition) is 6. The highest BCUT2D eigenvalue weighted by Crippen LogP contribution is 2.16. The lowest BCUT2D eigenvalue weighted by Crippen LogP contribution is -2.30. The number of ether oxygens (including phenoxy) is 3. The van der Waals surface area contributed by atoms with E-state index in [-0.39, 0.29) is 31.1 Å². The molecule has 0 aliphatic carbocycles. The Balaban J connectivity index is 4.41. The molecule has 1 unspecified atom stereocenters. The maximum Gasteiger partial charge on any atom is 0.306 e. The molecule has 0 aliphatic rings. The van der Waals surface area contributed by atoms with Crippen molar-refractivity contribution in [2.24, 2.45) is 0 Å². The third kappa shape index (κ3) is 53.4. The summed E-state index contributed by atoms with van der Waals surface area (Å²) >= 11 is 0. The van der Waals surface area contributed by atoms with E-state index in [1.54, 1.807) is 0 Å². The predicted molar refractivity (Wildman–Crippen MR) is 288 cm³/mol. The standard InChI is InChI=1S/C61H104O6/c1-4-7-10-13-16-19-22-25-28-29-30-31-34-36-39-42-45-48-51-54-60(63)66-57-58(67-61(64)55-52-49-46-43-40-37-33-27-24-21-18-15-12-9-6-3)56-65-59(62)53-50-47-44-41-38-35-32-26-23-20-17-14-11-8-5-2/h7,9-10,12,15-16,18-19,21,24-25,28,30-31,58H,4-6,8,11,13-14,17,20,22-23,26-27,29,32-57H2,1-3H3/b10-7-,12-9-,18-15-,19-16-,24-21-,28-25-,31-30-. The summed E-state index contributed by atoms with van der Waals surface area (Å²) in [7, 11) is 0. The highest BCUT2D eigenvalue weighted by atomic mass is 16.6. The lowest BCUT2D eigenvalue weighted by atomic mass is 10.0. The minimum Gasteiger partial charge on any atom is -0.462 e. The van der Waals surface area contributed by atoms with E-state index in [9.17, 15) is 14.4 Å². The highest BCUT2D eigenvalue weighted by Gasteiger charge is 2.19. The van der Waals surface area contributed by atoms with E-state index in [0.717, 1.165) is 103 Å². The maximum absolute atomic E-state index is 12.8. The molecule has 0 radical (unpaired) electrons. The molecule has 1 atom stereocenters. The first kappa shape index (κ1) is 63.6. The van der Waals surface area contributed by atoms with E-state index in [1.165, 1.54) is 122 Å². The topological polar surface area (TPSA) is 78.9 Å². The van der Waals surface area contributed by atoms with E-state index in [2.05, 4.69) is 106 Å². The number of carbonyl (C=O) groups excluding carboxylic acids is 3. The molecule has 0 saturated heterocycles. The van der Waals surface area contributed by atoms with Crippen molar-refractivity contribution >= 4 is 17.9 Å². The third-order valence-corrected chi connectivity index (χ3v) is 12.0. The van der Waals surface area contributed by atoms with Gasteiger partial charge in [-0.1, -0.05) is 254 Å². The first-order chi connectivity index (χ1) is 33.0. The van der Waals surface area contributed by atoms with Crippen molar-refractivity contribution in [3.8, 4) is 0 Å². The van der Waals surface area contributed by atoms with Crippen LogP contribution in [0.4, 0.5) is 0 Å². The molecule has 0 heterocycles. The van der Waals surface area contributed by atoms with Crippen LogP contribution in [-0.2, 0) is 28.6 Å². The fourth-order valence-corrected chi connectivity index (χ4v) is 7.79. The molecule has 0 spiro atoms. The molecule has 6 heteroatoms. The van der Waals surface area contributed by atoms with Crippen molar-refractivity contribution in [3.63, 3.8) is 0 Å². The second-order valence-corrected chi connectivity index (χ2v) is 18.5. The zero-order valence-corrected chi connectivity index (χ0v) is 43.9. The van der Waals surface area contributed by atoms with Gasteiger partial charge in [0.05, 0.1) is 0 Å². The van der Waals surface area contributed by atoms with Gasteiger partial charge in [0, 0.05) is 19.3 Å². The van der Waals surface area contributed by atoms with Crippen LogP contribution in [-0.4, -0.2) is 37.2 Å². The molecule has 67 heavy (non-hydrogen) atoms. The molecule has 0 N–H and O–H groups in total. The average Bonchev–Trinajstić information content (AvgIpc) is 3.33. The molecular formula is C61H104O6. The predicted octanol–water partition coefficient (Wildman–Crippen LogP) is 18.8. The van der Waals surface area contributed by atoms with Gasteiger partial charge in [-0.2, -0.15) is 0 Å². The van der Waals surface area contributed by atoms with Gasteiger partial charge >= 0.3 is 17.9 Å². The Bertz CT molecular complexity index is 1300. The summed E-state index contributed by atoms with van der Waals surface area (Å²) in [5, 5.41) is 0. The van der Waals surface area contributed by atoms with Crippen molar-refractivity contribution in [3.05, 3.63) is 85.1 Å². The smallest absolute Gasteiger partial charge is 0.306 e. The summed E-state index contributed by atoms with van der Waals surface area (Å²) in [6.45, 7) is 6.39. The zero-order chi connectivity index (χ0) is 48.6. The van der Waals surface area contributed by atoms with Gasteiger partial charge in [0.25, 0.3) is 0 Å². The van der Waals surface area contributed by atoms with Crippen LogP contribution in [0.5, 0.6) is 0 Å². The number of carbonyl (C=O) groups is 3. The van der Waals surface area contributed by atoms with E-state index in [1.807, 2.05) is 0 Å². The lowest BCUT2D eigenvalue weighted by Gasteiger charge is -2.18. The molecule has 0 aromatic heterocycles. The third-order valence-electron chi connectivity index (χ3n) is 12.0. The number of allylic oxidation sites excluding steroid dienone is 14. The molecule has 6 nitrogen and oxygen atoms in total. The molecule has 0 aromatic rings. The summed E-state index contributed by atoms with van der Waals surface area (Å²) in [5.41, 5.74) is 0. The molecule has 0 rings (SSSR count). The number of hydrogen-bond donors (Lipinski definition) is 0. The van der Waals surface area contributed by atoms with Gasteiger partial charge in [-0.15, -0.1) is 0 Å². The quantitative estimate of drug-likeness (QED) is 0.0199. The Morgan fingerprint density at radius 2 is 0.657 bits per heavy atom. The fraction of sp³-hybridized carbons (Fsp3) is 0.721. The van der Waals surface area contributed by atoms with Crippen LogP contribution in [0, 0.1) is 0 Å². The number of rotatable bonds is 50. The molecule has 0 amide bonds. The van der Waals surface area contributed by atoms with Gasteiger partial charge in [-0.3, -0.25) is 14.4 Å². The van der Waals surface area contributed by atoms with E-state index in [4.69, 9.17) is 14.2 Å². The fourth-order valence-electron chi connectivity index (χ4n) is 7.79. The SMILES string of the molecule is CC\C=C/C=C\C=C/CCCCCCCCCC(=O)OC(COC(=O)CCCCCCCC/C=C\C/C=C\C/C=C\C/C=C\CC)COC(=O)CCCCCCCCCCCCCCCCC. The van der Waals surface area contributed by atoms with Crippen molar-refractivity contribution < 1.29 is 28.6 Å². The molecule has 384 valence electrons. The van der Waals surface area contributed by atoms with Crippen molar-refractivity contribution in [1.82, 2.24) is 0 Å². The van der Waals surface area contributed by atoms with Gasteiger partial charge in [-0.25, -0.2) is 0 Å². The minimum absolute atomic E-state index is 0.0844. The summed E-state index contributed by atoms with van der Waals surface area (Å²) < 4.78 is 16.8. The normalized spacial score (nSPS) is 12.7. The summed E-state index contributed by atoms with van der Waals surface area (Å²) in [6.07, 6.45) is 71.4. The molecule has 0 aliphatic heterocycles. The van der Waals surface area contributed by atoms with Gasteiger partial charge in [0.1, 0.15) is 13.2 Å². The van der Waals surface area contributed by atoms with Crippen LogP contribution in [0.2, 0.25) is 0 Å². The first-order valence-corrected chi connectivity index (χ1v) is 28.1. The Labute approximate surface area is 414 Å². The summed E-state index contributed by atoms with van der Waals surface area (Å²) in [4.78, 5) is 38.1.